The standard InChI is InChI=1S/C12H17FN2O5S/c1-3-12(16,4-2)8-14-21(19,20)11-7-9(15(17)18)5-6-10(11)13/h5-7,14,16H,3-4,8H2,1-2H3. The molecule has 1 rings (SSSR count). The molecule has 9 heteroatoms. The van der Waals surface area contributed by atoms with Crippen molar-refractivity contribution in [1.82, 2.24) is 4.72 Å². The summed E-state index contributed by atoms with van der Waals surface area (Å²) in [6.07, 6.45) is 0.618. The summed E-state index contributed by atoms with van der Waals surface area (Å²) in [6.45, 7) is 3.07. The molecule has 0 saturated carbocycles. The molecule has 0 heterocycles. The monoisotopic (exact) mass is 320 g/mol. The average molecular weight is 320 g/mol. The number of halogens is 1. The van der Waals surface area contributed by atoms with Crippen molar-refractivity contribution in [2.45, 2.75) is 37.2 Å². The van der Waals surface area contributed by atoms with E-state index in [0.29, 0.717) is 18.9 Å². The maximum absolute atomic E-state index is 13.6. The van der Waals surface area contributed by atoms with E-state index < -0.39 is 36.9 Å². The third-order valence-corrected chi connectivity index (χ3v) is 4.74. The predicted molar refractivity (Wildman–Crippen MR) is 73.8 cm³/mol. The first-order chi connectivity index (χ1) is 9.65. The Kier molecular flexibility index (Phi) is 5.37. The zero-order valence-electron chi connectivity index (χ0n) is 11.7. The van der Waals surface area contributed by atoms with Gasteiger partial charge in [0.1, 0.15) is 10.7 Å². The molecule has 7 nitrogen and oxygen atoms in total. The average Bonchev–Trinajstić information content (AvgIpc) is 2.45. The molecule has 0 unspecified atom stereocenters. The SMILES string of the molecule is CCC(O)(CC)CNS(=O)(=O)c1cc([N+](=O)[O-])ccc1F. The molecule has 21 heavy (non-hydrogen) atoms. The van der Waals surface area contributed by atoms with Crippen LogP contribution in [0.1, 0.15) is 26.7 Å². The van der Waals surface area contributed by atoms with Crippen LogP contribution in [0.15, 0.2) is 23.1 Å². The molecule has 0 aliphatic rings. The second-order valence-electron chi connectivity index (χ2n) is 4.63. The van der Waals surface area contributed by atoms with E-state index in [1.165, 1.54) is 0 Å². The van der Waals surface area contributed by atoms with E-state index in [4.69, 9.17) is 0 Å². The number of sulfonamides is 1. The highest BCUT2D eigenvalue weighted by Crippen LogP contribution is 2.22. The Labute approximate surface area is 122 Å². The first-order valence-corrected chi connectivity index (χ1v) is 7.79. The van der Waals surface area contributed by atoms with E-state index in [9.17, 15) is 28.0 Å². The molecule has 0 bridgehead atoms. The second-order valence-corrected chi connectivity index (χ2v) is 6.36. The van der Waals surface area contributed by atoms with Crippen molar-refractivity contribution < 1.29 is 22.8 Å². The first kappa shape index (κ1) is 17.5. The number of nitrogens with zero attached hydrogens (tertiary/aromatic N) is 1. The molecule has 0 atom stereocenters. The number of nitro benzene ring substituents is 1. The van der Waals surface area contributed by atoms with Crippen LogP contribution in [0.25, 0.3) is 0 Å². The lowest BCUT2D eigenvalue weighted by Gasteiger charge is -2.25. The van der Waals surface area contributed by atoms with E-state index in [2.05, 4.69) is 4.72 Å². The molecule has 0 spiro atoms. The lowest BCUT2D eigenvalue weighted by Crippen LogP contribution is -2.42. The van der Waals surface area contributed by atoms with Crippen molar-refractivity contribution in [2.75, 3.05) is 6.54 Å². The molecule has 0 aliphatic heterocycles. The van der Waals surface area contributed by atoms with Gasteiger partial charge in [0.25, 0.3) is 5.69 Å². The minimum atomic E-state index is -4.29. The van der Waals surface area contributed by atoms with Crippen LogP contribution in [0.3, 0.4) is 0 Å². The fourth-order valence-electron chi connectivity index (χ4n) is 1.62. The molecule has 2 N–H and O–H groups in total. The molecule has 0 radical (unpaired) electrons. The third kappa shape index (κ3) is 4.19. The molecule has 0 fully saturated rings. The summed E-state index contributed by atoms with van der Waals surface area (Å²) < 4.78 is 39.7. The quantitative estimate of drug-likeness (QED) is 0.585. The van der Waals surface area contributed by atoms with E-state index in [1.807, 2.05) is 0 Å². The maximum Gasteiger partial charge on any atom is 0.270 e. The van der Waals surface area contributed by atoms with E-state index in [-0.39, 0.29) is 6.54 Å². The van der Waals surface area contributed by atoms with Gasteiger partial charge in [-0.1, -0.05) is 13.8 Å². The van der Waals surface area contributed by atoms with E-state index in [1.54, 1.807) is 13.8 Å². The smallest absolute Gasteiger partial charge is 0.270 e. The van der Waals surface area contributed by atoms with Crippen molar-refractivity contribution >= 4 is 15.7 Å². The second kappa shape index (κ2) is 6.46. The van der Waals surface area contributed by atoms with E-state index in [0.717, 1.165) is 12.1 Å². The normalized spacial score (nSPS) is 12.4. The van der Waals surface area contributed by atoms with Crippen molar-refractivity contribution in [3.8, 4) is 0 Å². The Bertz CT molecular complexity index is 629. The molecular formula is C12H17FN2O5S. The predicted octanol–water partition coefficient (Wildman–Crippen LogP) is 1.56. The summed E-state index contributed by atoms with van der Waals surface area (Å²) in [5.74, 6) is -1.09. The fourth-order valence-corrected chi connectivity index (χ4v) is 2.83. The largest absolute Gasteiger partial charge is 0.389 e. The summed E-state index contributed by atoms with van der Waals surface area (Å²) in [5, 5.41) is 20.7. The number of non-ortho nitro benzene ring substituents is 1. The van der Waals surface area contributed by atoms with Crippen LogP contribution in [0, 0.1) is 15.9 Å². The molecule has 0 amide bonds. The van der Waals surface area contributed by atoms with Crippen LogP contribution >= 0.6 is 0 Å². The third-order valence-electron chi connectivity index (χ3n) is 3.32. The van der Waals surface area contributed by atoms with Gasteiger partial charge in [-0.25, -0.2) is 17.5 Å². The van der Waals surface area contributed by atoms with Gasteiger partial charge in [0.2, 0.25) is 10.0 Å². The van der Waals surface area contributed by atoms with Crippen molar-refractivity contribution in [1.29, 1.82) is 0 Å². The van der Waals surface area contributed by atoms with Crippen molar-refractivity contribution in [2.24, 2.45) is 0 Å². The van der Waals surface area contributed by atoms with Crippen molar-refractivity contribution in [3.63, 3.8) is 0 Å². The van der Waals surface area contributed by atoms with Crippen molar-refractivity contribution in [3.05, 3.63) is 34.1 Å². The van der Waals surface area contributed by atoms with Crippen LogP contribution in [-0.4, -0.2) is 30.6 Å². The lowest BCUT2D eigenvalue weighted by atomic mass is 9.98. The molecular weight excluding hydrogens is 303 g/mol. The Morgan fingerprint density at radius 1 is 1.38 bits per heavy atom. The van der Waals surface area contributed by atoms with Crippen LogP contribution in [0.2, 0.25) is 0 Å². The van der Waals surface area contributed by atoms with Gasteiger partial charge in [-0.2, -0.15) is 0 Å². The number of nitro groups is 1. The molecule has 118 valence electrons. The Balaban J connectivity index is 3.08. The van der Waals surface area contributed by atoms with Crippen LogP contribution in [0.5, 0.6) is 0 Å². The van der Waals surface area contributed by atoms with Gasteiger partial charge >= 0.3 is 0 Å². The van der Waals surface area contributed by atoms with Gasteiger partial charge in [-0.3, -0.25) is 10.1 Å². The van der Waals surface area contributed by atoms with Crippen LogP contribution in [0.4, 0.5) is 10.1 Å². The molecule has 1 aromatic carbocycles. The Hall–Kier alpha value is -1.58. The van der Waals surface area contributed by atoms with Gasteiger partial charge in [-0.15, -0.1) is 0 Å². The van der Waals surface area contributed by atoms with Gasteiger partial charge in [0, 0.05) is 18.7 Å². The molecule has 0 aromatic heterocycles. The van der Waals surface area contributed by atoms with Crippen LogP contribution < -0.4 is 4.72 Å². The van der Waals surface area contributed by atoms with Gasteiger partial charge in [0.05, 0.1) is 10.5 Å². The highest BCUT2D eigenvalue weighted by molar-refractivity contribution is 7.89. The number of rotatable bonds is 7. The highest BCUT2D eigenvalue weighted by Gasteiger charge is 2.28. The minimum absolute atomic E-state index is 0.301. The summed E-state index contributed by atoms with van der Waals surface area (Å²) in [4.78, 5) is 9.00. The zero-order chi connectivity index (χ0) is 16.3. The number of nitrogens with one attached hydrogen (secondary N) is 1. The summed E-state index contributed by atoms with van der Waals surface area (Å²) in [6, 6.07) is 2.25. The van der Waals surface area contributed by atoms with Gasteiger partial charge in [0.15, 0.2) is 0 Å². The Morgan fingerprint density at radius 2 is 1.95 bits per heavy atom. The summed E-state index contributed by atoms with van der Waals surface area (Å²) in [5.41, 5.74) is -1.78. The number of aliphatic hydroxyl groups is 1. The molecule has 0 saturated heterocycles. The van der Waals surface area contributed by atoms with Gasteiger partial charge in [-0.05, 0) is 18.9 Å². The number of benzene rings is 1. The highest BCUT2D eigenvalue weighted by atomic mass is 32.2. The molecule has 1 aromatic rings. The fraction of sp³-hybridized carbons (Fsp3) is 0.500. The van der Waals surface area contributed by atoms with Crippen LogP contribution in [-0.2, 0) is 10.0 Å². The van der Waals surface area contributed by atoms with Gasteiger partial charge < -0.3 is 5.11 Å². The lowest BCUT2D eigenvalue weighted by molar-refractivity contribution is -0.385. The first-order valence-electron chi connectivity index (χ1n) is 6.31. The summed E-state index contributed by atoms with van der Waals surface area (Å²) >= 11 is 0. The minimum Gasteiger partial charge on any atom is -0.389 e. The maximum atomic E-state index is 13.6. The molecule has 0 aliphatic carbocycles. The Morgan fingerprint density at radius 3 is 2.43 bits per heavy atom. The number of hydrogen-bond acceptors (Lipinski definition) is 5. The zero-order valence-corrected chi connectivity index (χ0v) is 12.5. The number of hydrogen-bond donors (Lipinski definition) is 2. The topological polar surface area (TPSA) is 110 Å². The van der Waals surface area contributed by atoms with E-state index >= 15 is 0 Å². The summed E-state index contributed by atoms with van der Waals surface area (Å²) in [7, 11) is -4.29.